The third-order valence-electron chi connectivity index (χ3n) is 2.57. The van der Waals surface area contributed by atoms with Crippen LogP contribution in [0.15, 0.2) is 24.3 Å². The summed E-state index contributed by atoms with van der Waals surface area (Å²) in [5.41, 5.74) is 1.79. The van der Waals surface area contributed by atoms with E-state index in [0.717, 1.165) is 11.3 Å². The Morgan fingerprint density at radius 1 is 1.33 bits per heavy atom. The Bertz CT molecular complexity index is 366. The summed E-state index contributed by atoms with van der Waals surface area (Å²) in [6, 6.07) is 7.63. The quantitative estimate of drug-likeness (QED) is 0.697. The molecule has 0 spiro atoms. The standard InChI is InChI=1S/C14H21NO3/c1-2-18-11-12-7-3-4-8-13(12)15-14(17)9-5-6-10-16/h3-4,7-8,16H,2,5-6,9-11H2,1H3,(H,15,17). The minimum absolute atomic E-state index is 0.0209. The van der Waals surface area contributed by atoms with Crippen molar-refractivity contribution in [3.63, 3.8) is 0 Å². The van der Waals surface area contributed by atoms with E-state index in [4.69, 9.17) is 9.84 Å². The number of carbonyl (C=O) groups is 1. The van der Waals surface area contributed by atoms with Crippen molar-refractivity contribution in [1.29, 1.82) is 0 Å². The van der Waals surface area contributed by atoms with Crippen LogP contribution < -0.4 is 5.32 Å². The van der Waals surface area contributed by atoms with Gasteiger partial charge in [0, 0.05) is 30.9 Å². The molecule has 1 aromatic carbocycles. The zero-order chi connectivity index (χ0) is 13.2. The average Bonchev–Trinajstić information content (AvgIpc) is 2.38. The maximum absolute atomic E-state index is 11.7. The molecule has 100 valence electrons. The van der Waals surface area contributed by atoms with Gasteiger partial charge in [-0.25, -0.2) is 0 Å². The lowest BCUT2D eigenvalue weighted by molar-refractivity contribution is -0.116. The van der Waals surface area contributed by atoms with E-state index in [1.165, 1.54) is 0 Å². The Hall–Kier alpha value is -1.39. The molecule has 1 rings (SSSR count). The van der Waals surface area contributed by atoms with Crippen LogP contribution in [-0.2, 0) is 16.1 Å². The van der Waals surface area contributed by atoms with Crippen LogP contribution >= 0.6 is 0 Å². The molecule has 0 unspecified atom stereocenters. The summed E-state index contributed by atoms with van der Waals surface area (Å²) in [5, 5.41) is 11.5. The molecule has 0 saturated heterocycles. The number of rotatable bonds is 8. The molecule has 0 aliphatic heterocycles. The van der Waals surface area contributed by atoms with Crippen LogP contribution in [0.3, 0.4) is 0 Å². The maximum atomic E-state index is 11.7. The molecule has 0 aliphatic carbocycles. The van der Waals surface area contributed by atoms with Crippen molar-refractivity contribution in [2.75, 3.05) is 18.5 Å². The van der Waals surface area contributed by atoms with Crippen molar-refractivity contribution in [3.8, 4) is 0 Å². The van der Waals surface area contributed by atoms with Gasteiger partial charge in [-0.05, 0) is 25.8 Å². The van der Waals surface area contributed by atoms with Gasteiger partial charge >= 0.3 is 0 Å². The number of amides is 1. The molecule has 0 radical (unpaired) electrons. The molecule has 2 N–H and O–H groups in total. The highest BCUT2D eigenvalue weighted by molar-refractivity contribution is 5.91. The van der Waals surface area contributed by atoms with Crippen molar-refractivity contribution in [2.24, 2.45) is 0 Å². The smallest absolute Gasteiger partial charge is 0.224 e. The second-order valence-electron chi connectivity index (χ2n) is 4.02. The number of aliphatic hydroxyl groups is 1. The van der Waals surface area contributed by atoms with Crippen LogP contribution in [-0.4, -0.2) is 24.2 Å². The predicted molar refractivity (Wildman–Crippen MR) is 71.3 cm³/mol. The second kappa shape index (κ2) is 8.66. The first-order chi connectivity index (χ1) is 8.77. The van der Waals surface area contributed by atoms with Crippen molar-refractivity contribution in [2.45, 2.75) is 32.8 Å². The van der Waals surface area contributed by atoms with E-state index in [2.05, 4.69) is 5.32 Å². The summed E-state index contributed by atoms with van der Waals surface area (Å²) in [4.78, 5) is 11.7. The van der Waals surface area contributed by atoms with Crippen molar-refractivity contribution in [3.05, 3.63) is 29.8 Å². The number of nitrogens with one attached hydrogen (secondary N) is 1. The van der Waals surface area contributed by atoms with E-state index in [9.17, 15) is 4.79 Å². The summed E-state index contributed by atoms with van der Waals surface area (Å²) < 4.78 is 5.36. The fourth-order valence-electron chi connectivity index (χ4n) is 1.59. The lowest BCUT2D eigenvalue weighted by atomic mass is 10.1. The number of para-hydroxylation sites is 1. The number of anilines is 1. The molecule has 4 heteroatoms. The maximum Gasteiger partial charge on any atom is 0.224 e. The minimum Gasteiger partial charge on any atom is -0.396 e. The summed E-state index contributed by atoms with van der Waals surface area (Å²) in [5.74, 6) is -0.0209. The van der Waals surface area contributed by atoms with Gasteiger partial charge in [0.2, 0.25) is 5.91 Å². The molecular formula is C14H21NO3. The predicted octanol–water partition coefficient (Wildman–Crippen LogP) is 2.32. The van der Waals surface area contributed by atoms with Crippen LogP contribution in [0.25, 0.3) is 0 Å². The van der Waals surface area contributed by atoms with E-state index in [0.29, 0.717) is 32.5 Å². The van der Waals surface area contributed by atoms with Crippen LogP contribution in [0.1, 0.15) is 31.7 Å². The first kappa shape index (κ1) is 14.7. The van der Waals surface area contributed by atoms with E-state index in [1.807, 2.05) is 31.2 Å². The largest absolute Gasteiger partial charge is 0.396 e. The second-order valence-corrected chi connectivity index (χ2v) is 4.02. The lowest BCUT2D eigenvalue weighted by Gasteiger charge is -2.10. The molecule has 0 saturated carbocycles. The van der Waals surface area contributed by atoms with Gasteiger partial charge in [0.1, 0.15) is 0 Å². The molecule has 1 aromatic rings. The molecule has 0 heterocycles. The normalized spacial score (nSPS) is 10.3. The zero-order valence-electron chi connectivity index (χ0n) is 10.8. The number of benzene rings is 1. The Labute approximate surface area is 108 Å². The summed E-state index contributed by atoms with van der Waals surface area (Å²) >= 11 is 0. The molecule has 18 heavy (non-hydrogen) atoms. The molecular weight excluding hydrogens is 230 g/mol. The van der Waals surface area contributed by atoms with Gasteiger partial charge < -0.3 is 15.2 Å². The average molecular weight is 251 g/mol. The zero-order valence-corrected chi connectivity index (χ0v) is 10.8. The van der Waals surface area contributed by atoms with Crippen LogP contribution in [0.5, 0.6) is 0 Å². The van der Waals surface area contributed by atoms with Crippen molar-refractivity contribution < 1.29 is 14.6 Å². The molecule has 0 bridgehead atoms. The summed E-state index contributed by atoms with van der Waals surface area (Å²) in [6.07, 6.45) is 1.80. The van der Waals surface area contributed by atoms with Gasteiger partial charge in [-0.3, -0.25) is 4.79 Å². The first-order valence-electron chi connectivity index (χ1n) is 6.34. The molecule has 0 aliphatic rings. The van der Waals surface area contributed by atoms with Gasteiger partial charge in [-0.2, -0.15) is 0 Å². The Kier molecular flexibility index (Phi) is 7.06. The fourth-order valence-corrected chi connectivity index (χ4v) is 1.59. The lowest BCUT2D eigenvalue weighted by Crippen LogP contribution is -2.13. The molecule has 0 fully saturated rings. The van der Waals surface area contributed by atoms with Gasteiger partial charge in [0.25, 0.3) is 0 Å². The number of carbonyl (C=O) groups excluding carboxylic acids is 1. The van der Waals surface area contributed by atoms with Crippen LogP contribution in [0, 0.1) is 0 Å². The molecule has 1 amide bonds. The molecule has 0 aromatic heterocycles. The van der Waals surface area contributed by atoms with Gasteiger partial charge in [0.05, 0.1) is 6.61 Å². The first-order valence-corrected chi connectivity index (χ1v) is 6.34. The van der Waals surface area contributed by atoms with E-state index >= 15 is 0 Å². The highest BCUT2D eigenvalue weighted by Gasteiger charge is 2.06. The van der Waals surface area contributed by atoms with E-state index in [-0.39, 0.29) is 12.5 Å². The minimum atomic E-state index is -0.0209. The Morgan fingerprint density at radius 3 is 2.83 bits per heavy atom. The van der Waals surface area contributed by atoms with Crippen LogP contribution in [0.2, 0.25) is 0 Å². The highest BCUT2D eigenvalue weighted by Crippen LogP contribution is 2.16. The number of unbranched alkanes of at least 4 members (excludes halogenated alkanes) is 1. The molecule has 4 nitrogen and oxygen atoms in total. The third kappa shape index (κ3) is 5.29. The number of hydrogen-bond acceptors (Lipinski definition) is 3. The van der Waals surface area contributed by atoms with Crippen molar-refractivity contribution in [1.82, 2.24) is 0 Å². The summed E-state index contributed by atoms with van der Waals surface area (Å²) in [6.45, 7) is 3.23. The number of aliphatic hydroxyl groups excluding tert-OH is 1. The highest BCUT2D eigenvalue weighted by atomic mass is 16.5. The number of ether oxygens (including phenoxy) is 1. The Balaban J connectivity index is 2.51. The third-order valence-corrected chi connectivity index (χ3v) is 2.57. The van der Waals surface area contributed by atoms with Gasteiger partial charge in [0.15, 0.2) is 0 Å². The van der Waals surface area contributed by atoms with E-state index in [1.54, 1.807) is 0 Å². The van der Waals surface area contributed by atoms with Gasteiger partial charge in [-0.15, -0.1) is 0 Å². The SMILES string of the molecule is CCOCc1ccccc1NC(=O)CCCCO. The monoisotopic (exact) mass is 251 g/mol. The topological polar surface area (TPSA) is 58.6 Å². The summed E-state index contributed by atoms with van der Waals surface area (Å²) in [7, 11) is 0. The van der Waals surface area contributed by atoms with E-state index < -0.39 is 0 Å². The fraction of sp³-hybridized carbons (Fsp3) is 0.500. The van der Waals surface area contributed by atoms with Gasteiger partial charge in [-0.1, -0.05) is 18.2 Å². The van der Waals surface area contributed by atoms with Crippen LogP contribution in [0.4, 0.5) is 5.69 Å². The van der Waals surface area contributed by atoms with Crippen molar-refractivity contribution >= 4 is 11.6 Å². The molecule has 0 atom stereocenters. The Morgan fingerprint density at radius 2 is 2.11 bits per heavy atom. The number of hydrogen-bond donors (Lipinski definition) is 2.